The van der Waals surface area contributed by atoms with Gasteiger partial charge < -0.3 is 9.84 Å². The third-order valence-electron chi connectivity index (χ3n) is 4.22. The molecule has 0 amide bonds. The second-order valence-corrected chi connectivity index (χ2v) is 6.50. The van der Waals surface area contributed by atoms with Crippen LogP contribution in [0.1, 0.15) is 31.6 Å². The molecule has 0 aliphatic carbocycles. The quantitative estimate of drug-likeness (QED) is 0.669. The maximum Gasteiger partial charge on any atom is 0.336 e. The van der Waals surface area contributed by atoms with Crippen LogP contribution in [0.25, 0.3) is 11.1 Å². The van der Waals surface area contributed by atoms with Gasteiger partial charge in [-0.1, -0.05) is 44.2 Å². The summed E-state index contributed by atoms with van der Waals surface area (Å²) in [6.45, 7) is 2.94. The first-order valence-corrected chi connectivity index (χ1v) is 8.72. The van der Waals surface area contributed by atoms with Crippen LogP contribution >= 0.6 is 11.3 Å². The second kappa shape index (κ2) is 7.58. The molecule has 0 saturated heterocycles. The lowest BCUT2D eigenvalue weighted by Crippen LogP contribution is -2.48. The molecule has 1 N–H and O–H groups in total. The normalized spacial score (nSPS) is 14.5. The van der Waals surface area contributed by atoms with Gasteiger partial charge in [0.2, 0.25) is 0 Å². The molecule has 1 heterocycles. The van der Waals surface area contributed by atoms with Crippen LogP contribution in [0, 0.1) is 0 Å². The predicted octanol–water partition coefficient (Wildman–Crippen LogP) is 5.46. The Balaban J connectivity index is 2.56. The lowest BCUT2D eigenvalue weighted by atomic mass is 9.96. The molecule has 3 nitrogen and oxygen atoms in total. The number of ether oxygens (including phenoxy) is 1. The van der Waals surface area contributed by atoms with Crippen molar-refractivity contribution in [3.05, 3.63) is 46.7 Å². The molecular weight excluding hydrogens is 353 g/mol. The summed E-state index contributed by atoms with van der Waals surface area (Å²) >= 11 is 0.780. The fourth-order valence-corrected chi connectivity index (χ4v) is 3.58. The average Bonchev–Trinajstić information content (AvgIpc) is 3.10. The summed E-state index contributed by atoms with van der Waals surface area (Å²) in [7, 11) is 0. The van der Waals surface area contributed by atoms with Gasteiger partial charge in [-0.25, -0.2) is 13.6 Å². The lowest BCUT2D eigenvalue weighted by molar-refractivity contribution is -0.283. The molecule has 0 aliphatic rings. The Kier molecular flexibility index (Phi) is 5.90. The summed E-state index contributed by atoms with van der Waals surface area (Å²) in [6, 6.07) is 10.0. The highest BCUT2D eigenvalue weighted by Gasteiger charge is 2.54. The monoisotopic (exact) mass is 372 g/mol. The number of hydrogen-bond donors (Lipinski definition) is 1. The SMILES string of the molecule is CCC(CC)(OC(F)(c1sccc1-c1ccccc1)C(F)F)C(=O)O. The highest BCUT2D eigenvalue weighted by atomic mass is 32.1. The van der Waals surface area contributed by atoms with Crippen molar-refractivity contribution in [2.75, 3.05) is 0 Å². The Hall–Kier alpha value is -1.86. The third kappa shape index (κ3) is 3.57. The highest BCUT2D eigenvalue weighted by Crippen LogP contribution is 2.46. The van der Waals surface area contributed by atoms with Crippen LogP contribution < -0.4 is 0 Å². The van der Waals surface area contributed by atoms with Gasteiger partial charge in [0.1, 0.15) is 0 Å². The first-order valence-electron chi connectivity index (χ1n) is 7.84. The zero-order chi connectivity index (χ0) is 18.7. The molecule has 2 rings (SSSR count). The standard InChI is InChI=1S/C18H19F3O3S/c1-3-17(4-2,16(22)23)24-18(21,15(19)20)14-13(10-11-25-14)12-8-6-5-7-9-12/h5-11,15H,3-4H2,1-2H3,(H,22,23). The summed E-state index contributed by atoms with van der Waals surface area (Å²) < 4.78 is 47.9. The van der Waals surface area contributed by atoms with Crippen molar-refractivity contribution < 1.29 is 27.8 Å². The Bertz CT molecular complexity index is 713. The smallest absolute Gasteiger partial charge is 0.336 e. The molecule has 7 heteroatoms. The first kappa shape index (κ1) is 19.5. The molecule has 1 aromatic carbocycles. The van der Waals surface area contributed by atoms with Crippen molar-refractivity contribution in [3.8, 4) is 11.1 Å². The Morgan fingerprint density at radius 1 is 1.20 bits per heavy atom. The number of carbonyl (C=O) groups is 1. The van der Waals surface area contributed by atoms with Crippen LogP contribution in [0.15, 0.2) is 41.8 Å². The number of halogens is 3. The number of carboxylic acid groups (broad SMARTS) is 1. The van der Waals surface area contributed by atoms with Crippen LogP contribution in [0.2, 0.25) is 0 Å². The summed E-state index contributed by atoms with van der Waals surface area (Å²) in [6.07, 6.45) is -3.81. The van der Waals surface area contributed by atoms with E-state index < -0.39 is 23.9 Å². The van der Waals surface area contributed by atoms with E-state index in [-0.39, 0.29) is 23.3 Å². The third-order valence-corrected chi connectivity index (χ3v) is 5.22. The van der Waals surface area contributed by atoms with Crippen LogP contribution in [0.5, 0.6) is 0 Å². The topological polar surface area (TPSA) is 46.5 Å². The van der Waals surface area contributed by atoms with Gasteiger partial charge in [0.15, 0.2) is 5.60 Å². The molecule has 0 saturated carbocycles. The summed E-state index contributed by atoms with van der Waals surface area (Å²) in [5.41, 5.74) is -1.21. The molecule has 1 unspecified atom stereocenters. The second-order valence-electron chi connectivity index (χ2n) is 5.58. The minimum atomic E-state index is -3.54. The number of rotatable bonds is 8. The van der Waals surface area contributed by atoms with Gasteiger partial charge in [-0.3, -0.25) is 0 Å². The van der Waals surface area contributed by atoms with E-state index in [0.717, 1.165) is 11.3 Å². The van der Waals surface area contributed by atoms with Crippen molar-refractivity contribution >= 4 is 17.3 Å². The van der Waals surface area contributed by atoms with E-state index in [1.807, 2.05) is 0 Å². The van der Waals surface area contributed by atoms with Crippen molar-refractivity contribution in [1.82, 2.24) is 0 Å². The van der Waals surface area contributed by atoms with E-state index in [0.29, 0.717) is 5.56 Å². The Morgan fingerprint density at radius 3 is 2.28 bits per heavy atom. The molecule has 1 aromatic heterocycles. The Labute approximate surface area is 148 Å². The summed E-state index contributed by atoms with van der Waals surface area (Å²) in [4.78, 5) is 11.2. The van der Waals surface area contributed by atoms with E-state index >= 15 is 4.39 Å². The van der Waals surface area contributed by atoms with E-state index in [1.165, 1.54) is 25.3 Å². The van der Waals surface area contributed by atoms with E-state index in [2.05, 4.69) is 0 Å². The van der Waals surface area contributed by atoms with Crippen molar-refractivity contribution in [2.24, 2.45) is 0 Å². The van der Waals surface area contributed by atoms with Crippen LogP contribution in [0.4, 0.5) is 13.2 Å². The molecule has 2 aromatic rings. The molecule has 0 bridgehead atoms. The van der Waals surface area contributed by atoms with Crippen LogP contribution in [-0.2, 0) is 15.4 Å². The molecule has 136 valence electrons. The van der Waals surface area contributed by atoms with Gasteiger partial charge in [-0.05, 0) is 29.9 Å². The van der Waals surface area contributed by atoms with Gasteiger partial charge in [0.25, 0.3) is 0 Å². The molecule has 0 fully saturated rings. The fraction of sp³-hybridized carbons (Fsp3) is 0.389. The highest BCUT2D eigenvalue weighted by molar-refractivity contribution is 7.10. The van der Waals surface area contributed by atoms with Gasteiger partial charge in [-0.15, -0.1) is 11.3 Å². The largest absolute Gasteiger partial charge is 0.479 e. The molecule has 0 radical (unpaired) electrons. The number of benzene rings is 1. The number of carboxylic acids is 1. The summed E-state index contributed by atoms with van der Waals surface area (Å²) in [5, 5.41) is 10.9. The van der Waals surface area contributed by atoms with Crippen LogP contribution in [0.3, 0.4) is 0 Å². The molecule has 0 spiro atoms. The van der Waals surface area contributed by atoms with E-state index in [1.54, 1.807) is 30.3 Å². The molecule has 0 aliphatic heterocycles. The van der Waals surface area contributed by atoms with Crippen LogP contribution in [-0.4, -0.2) is 23.1 Å². The minimum absolute atomic E-state index is 0.136. The van der Waals surface area contributed by atoms with Crippen molar-refractivity contribution in [2.45, 2.75) is 44.6 Å². The number of alkyl halides is 3. The van der Waals surface area contributed by atoms with Gasteiger partial charge >= 0.3 is 18.2 Å². The zero-order valence-electron chi connectivity index (χ0n) is 13.8. The van der Waals surface area contributed by atoms with Gasteiger partial charge in [0, 0.05) is 5.56 Å². The van der Waals surface area contributed by atoms with Gasteiger partial charge in [0.05, 0.1) is 4.88 Å². The van der Waals surface area contributed by atoms with E-state index in [9.17, 15) is 18.7 Å². The van der Waals surface area contributed by atoms with Crippen molar-refractivity contribution in [1.29, 1.82) is 0 Å². The zero-order valence-corrected chi connectivity index (χ0v) is 14.7. The number of aliphatic carboxylic acids is 1. The average molecular weight is 372 g/mol. The first-order chi connectivity index (χ1) is 11.8. The van der Waals surface area contributed by atoms with Gasteiger partial charge in [-0.2, -0.15) is 4.39 Å². The number of hydrogen-bond acceptors (Lipinski definition) is 3. The maximum atomic E-state index is 15.4. The fourth-order valence-electron chi connectivity index (χ4n) is 2.63. The lowest BCUT2D eigenvalue weighted by Gasteiger charge is -2.35. The summed E-state index contributed by atoms with van der Waals surface area (Å²) in [5.74, 6) is -4.97. The minimum Gasteiger partial charge on any atom is -0.479 e. The molecule has 1 atom stereocenters. The molecular formula is C18H19F3O3S. The van der Waals surface area contributed by atoms with E-state index in [4.69, 9.17) is 4.74 Å². The predicted molar refractivity (Wildman–Crippen MR) is 90.6 cm³/mol. The maximum absolute atomic E-state index is 15.4. The van der Waals surface area contributed by atoms with Crippen molar-refractivity contribution in [3.63, 3.8) is 0 Å². The molecule has 25 heavy (non-hydrogen) atoms. The Morgan fingerprint density at radius 2 is 1.80 bits per heavy atom. The number of thiophene rings is 1.